The van der Waals surface area contributed by atoms with Crippen LogP contribution in [0, 0.1) is 0 Å². The summed E-state index contributed by atoms with van der Waals surface area (Å²) in [7, 11) is 0. The lowest BCUT2D eigenvalue weighted by Crippen LogP contribution is -2.28. The summed E-state index contributed by atoms with van der Waals surface area (Å²) in [6.07, 6.45) is -1.67. The molecular formula is C13H20O11. The SMILES string of the molecule is CC(=O)O.CCC(OC(=O)C(C)=O)C(=O)O.O=C(O)CCC(=O)O. The summed E-state index contributed by atoms with van der Waals surface area (Å²) in [4.78, 5) is 59.5. The molecule has 0 heterocycles. The average Bonchev–Trinajstić information content (AvgIpc) is 2.41. The Balaban J connectivity index is -0.000000316. The van der Waals surface area contributed by atoms with Gasteiger partial charge in [-0.05, 0) is 6.42 Å². The first-order chi connectivity index (χ1) is 10.8. The third-order valence-corrected chi connectivity index (χ3v) is 1.74. The number of esters is 1. The minimum Gasteiger partial charge on any atom is -0.481 e. The maximum absolute atomic E-state index is 10.6. The second-order valence-electron chi connectivity index (χ2n) is 4.00. The second kappa shape index (κ2) is 14.9. The van der Waals surface area contributed by atoms with E-state index >= 15 is 0 Å². The molecule has 0 spiro atoms. The van der Waals surface area contributed by atoms with Crippen molar-refractivity contribution in [2.75, 3.05) is 0 Å². The molecule has 11 nitrogen and oxygen atoms in total. The molecule has 24 heavy (non-hydrogen) atoms. The summed E-state index contributed by atoms with van der Waals surface area (Å²) in [5.74, 6) is -6.13. The summed E-state index contributed by atoms with van der Waals surface area (Å²) in [6.45, 7) is 3.66. The molecule has 138 valence electrons. The predicted molar refractivity (Wildman–Crippen MR) is 76.3 cm³/mol. The van der Waals surface area contributed by atoms with Crippen molar-refractivity contribution in [3.8, 4) is 0 Å². The van der Waals surface area contributed by atoms with E-state index < -0.39 is 41.7 Å². The van der Waals surface area contributed by atoms with Gasteiger partial charge >= 0.3 is 23.9 Å². The van der Waals surface area contributed by atoms with Crippen LogP contribution in [-0.2, 0) is 33.5 Å². The predicted octanol–water partition coefficient (Wildman–Crippen LogP) is 0.00850. The average molecular weight is 352 g/mol. The number of carboxylic acid groups (broad SMARTS) is 4. The van der Waals surface area contributed by atoms with Gasteiger partial charge < -0.3 is 25.2 Å². The molecule has 1 unspecified atom stereocenters. The highest BCUT2D eigenvalue weighted by Gasteiger charge is 2.21. The Bertz CT molecular complexity index is 449. The van der Waals surface area contributed by atoms with E-state index in [0.717, 1.165) is 13.8 Å². The number of hydrogen-bond donors (Lipinski definition) is 4. The quantitative estimate of drug-likeness (QED) is 0.356. The molecule has 0 amide bonds. The molecule has 4 N–H and O–H groups in total. The minimum atomic E-state index is -1.24. The molecule has 0 bridgehead atoms. The second-order valence-corrected chi connectivity index (χ2v) is 4.00. The number of rotatable bonds is 7. The van der Waals surface area contributed by atoms with E-state index in [2.05, 4.69) is 4.74 Å². The van der Waals surface area contributed by atoms with Crippen LogP contribution in [0.2, 0.25) is 0 Å². The van der Waals surface area contributed by atoms with Crippen molar-refractivity contribution in [3.63, 3.8) is 0 Å². The van der Waals surface area contributed by atoms with Crippen molar-refractivity contribution in [1.29, 1.82) is 0 Å². The maximum atomic E-state index is 10.6. The van der Waals surface area contributed by atoms with Crippen LogP contribution in [0.15, 0.2) is 0 Å². The Hall–Kier alpha value is -2.98. The summed E-state index contributed by atoms with van der Waals surface area (Å²) >= 11 is 0. The molecular weight excluding hydrogens is 332 g/mol. The fraction of sp³-hybridized carbons (Fsp3) is 0.538. The van der Waals surface area contributed by atoms with E-state index in [0.29, 0.717) is 0 Å². The maximum Gasteiger partial charge on any atom is 0.375 e. The van der Waals surface area contributed by atoms with Crippen LogP contribution in [0.25, 0.3) is 0 Å². The van der Waals surface area contributed by atoms with Gasteiger partial charge in [-0.15, -0.1) is 0 Å². The highest BCUT2D eigenvalue weighted by atomic mass is 16.6. The van der Waals surface area contributed by atoms with Crippen LogP contribution in [0.1, 0.15) is 40.0 Å². The number of carboxylic acids is 4. The van der Waals surface area contributed by atoms with E-state index in [-0.39, 0.29) is 19.3 Å². The van der Waals surface area contributed by atoms with Crippen LogP contribution in [0.3, 0.4) is 0 Å². The molecule has 0 aromatic rings. The summed E-state index contributed by atoms with van der Waals surface area (Å²) in [6, 6.07) is 0. The van der Waals surface area contributed by atoms with Crippen molar-refractivity contribution in [3.05, 3.63) is 0 Å². The van der Waals surface area contributed by atoms with E-state index in [1.807, 2.05) is 0 Å². The molecule has 0 aliphatic carbocycles. The van der Waals surface area contributed by atoms with Crippen molar-refractivity contribution < 1.29 is 53.9 Å². The smallest absolute Gasteiger partial charge is 0.375 e. The van der Waals surface area contributed by atoms with Crippen molar-refractivity contribution in [1.82, 2.24) is 0 Å². The number of ketones is 1. The molecule has 0 saturated heterocycles. The molecule has 0 saturated carbocycles. The standard InChI is InChI=1S/C7H10O5.C4H6O4.C2H4O2/c1-3-5(6(9)10)12-7(11)4(2)8;5-3(6)1-2-4(7)8;1-2(3)4/h5H,3H2,1-2H3,(H,9,10);1-2H2,(H,5,6)(H,7,8);1H3,(H,3,4). The largest absolute Gasteiger partial charge is 0.481 e. The van der Waals surface area contributed by atoms with Crippen LogP contribution in [0.4, 0.5) is 0 Å². The van der Waals surface area contributed by atoms with E-state index in [1.165, 1.54) is 0 Å². The molecule has 11 heteroatoms. The number of aliphatic carboxylic acids is 4. The molecule has 1 atom stereocenters. The monoisotopic (exact) mass is 352 g/mol. The Morgan fingerprint density at radius 1 is 0.833 bits per heavy atom. The van der Waals surface area contributed by atoms with Crippen molar-refractivity contribution >= 4 is 35.6 Å². The lowest BCUT2D eigenvalue weighted by atomic mass is 10.3. The Labute approximate surface area is 136 Å². The zero-order valence-electron chi connectivity index (χ0n) is 13.3. The van der Waals surface area contributed by atoms with Crippen LogP contribution in [-0.4, -0.2) is 62.2 Å². The van der Waals surface area contributed by atoms with Crippen molar-refractivity contribution in [2.45, 2.75) is 46.1 Å². The van der Waals surface area contributed by atoms with Gasteiger partial charge in [0.25, 0.3) is 5.97 Å². The zero-order valence-corrected chi connectivity index (χ0v) is 13.3. The third kappa shape index (κ3) is 24.1. The molecule has 0 fully saturated rings. The fourth-order valence-corrected chi connectivity index (χ4v) is 0.734. The highest BCUT2D eigenvalue weighted by molar-refractivity contribution is 6.32. The summed E-state index contributed by atoms with van der Waals surface area (Å²) in [5.41, 5.74) is 0. The van der Waals surface area contributed by atoms with Gasteiger partial charge in [-0.2, -0.15) is 0 Å². The van der Waals surface area contributed by atoms with E-state index in [9.17, 15) is 24.0 Å². The first-order valence-electron chi connectivity index (χ1n) is 6.42. The van der Waals surface area contributed by atoms with Gasteiger partial charge in [0.2, 0.25) is 5.78 Å². The molecule has 0 radical (unpaired) electrons. The fourth-order valence-electron chi connectivity index (χ4n) is 0.734. The third-order valence-electron chi connectivity index (χ3n) is 1.74. The minimum absolute atomic E-state index is 0.147. The number of carbonyl (C=O) groups is 6. The van der Waals surface area contributed by atoms with Crippen molar-refractivity contribution in [2.24, 2.45) is 0 Å². The van der Waals surface area contributed by atoms with Gasteiger partial charge in [0, 0.05) is 13.8 Å². The number of Topliss-reactive ketones (excluding diaryl/α,β-unsaturated/α-hetero) is 1. The normalized spacial score (nSPS) is 9.79. The van der Waals surface area contributed by atoms with E-state index in [4.69, 9.17) is 25.2 Å². The Kier molecular flexibility index (Phi) is 16.1. The van der Waals surface area contributed by atoms with E-state index in [1.54, 1.807) is 6.92 Å². The Morgan fingerprint density at radius 2 is 1.17 bits per heavy atom. The van der Waals surface area contributed by atoms with Crippen LogP contribution >= 0.6 is 0 Å². The molecule has 0 aliphatic heterocycles. The van der Waals surface area contributed by atoms with Gasteiger partial charge in [-0.3, -0.25) is 19.2 Å². The van der Waals surface area contributed by atoms with Gasteiger partial charge in [0.15, 0.2) is 6.10 Å². The number of hydrogen-bond acceptors (Lipinski definition) is 7. The lowest BCUT2D eigenvalue weighted by molar-refractivity contribution is -0.166. The molecule has 0 aromatic carbocycles. The van der Waals surface area contributed by atoms with Gasteiger partial charge in [-0.25, -0.2) is 9.59 Å². The number of carbonyl (C=O) groups excluding carboxylic acids is 2. The van der Waals surface area contributed by atoms with Crippen LogP contribution < -0.4 is 0 Å². The summed E-state index contributed by atoms with van der Waals surface area (Å²) in [5, 5.41) is 31.6. The topological polar surface area (TPSA) is 193 Å². The first kappa shape index (κ1) is 25.9. The molecule has 0 rings (SSSR count). The van der Waals surface area contributed by atoms with Crippen LogP contribution in [0.5, 0.6) is 0 Å². The Morgan fingerprint density at radius 3 is 1.33 bits per heavy atom. The molecule has 0 aliphatic rings. The van der Waals surface area contributed by atoms with Gasteiger partial charge in [0.05, 0.1) is 12.8 Å². The lowest BCUT2D eigenvalue weighted by Gasteiger charge is -2.09. The zero-order chi connectivity index (χ0) is 19.9. The number of ether oxygens (including phenoxy) is 1. The first-order valence-corrected chi connectivity index (χ1v) is 6.42. The van der Waals surface area contributed by atoms with Gasteiger partial charge in [-0.1, -0.05) is 6.92 Å². The highest BCUT2D eigenvalue weighted by Crippen LogP contribution is 1.98. The molecule has 0 aromatic heterocycles. The van der Waals surface area contributed by atoms with Gasteiger partial charge in [0.1, 0.15) is 0 Å². The summed E-state index contributed by atoms with van der Waals surface area (Å²) < 4.78 is 4.33.